The van der Waals surface area contributed by atoms with E-state index in [0.717, 1.165) is 0 Å². The molecular weight excluding hydrogens is 379 g/mol. The molecule has 0 aliphatic rings. The van der Waals surface area contributed by atoms with Crippen LogP contribution in [0.2, 0.25) is 0 Å². The van der Waals surface area contributed by atoms with Gasteiger partial charge >= 0.3 is 0 Å². The Kier molecular flexibility index (Phi) is 6.92. The molecule has 0 aliphatic carbocycles. The van der Waals surface area contributed by atoms with E-state index in [9.17, 15) is 0 Å². The zero-order chi connectivity index (χ0) is 8.23. The van der Waals surface area contributed by atoms with E-state index in [1.165, 1.54) is 11.1 Å². The fourth-order valence-corrected chi connectivity index (χ4v) is 1.16. The van der Waals surface area contributed by atoms with Crippen molar-refractivity contribution in [2.24, 2.45) is 0 Å². The third-order valence-corrected chi connectivity index (χ3v) is 1.77. The molecule has 0 N–H and O–H groups in total. The van der Waals surface area contributed by atoms with E-state index >= 15 is 0 Å². The van der Waals surface area contributed by atoms with Gasteiger partial charge in [0.05, 0.1) is 0 Å². The van der Waals surface area contributed by atoms with Gasteiger partial charge in [0.15, 0.2) is 0 Å². The first-order valence-electron chi connectivity index (χ1n) is 3.89. The third-order valence-electron chi connectivity index (χ3n) is 1.77. The van der Waals surface area contributed by atoms with E-state index in [4.69, 9.17) is 0 Å². The Hall–Kier alpha value is -0.287. The van der Waals surface area contributed by atoms with Crippen molar-refractivity contribution in [1.29, 1.82) is 0 Å². The number of hydrogen-bond donors (Lipinski definition) is 0. The summed E-state index contributed by atoms with van der Waals surface area (Å²) < 4.78 is 0. The summed E-state index contributed by atoms with van der Waals surface area (Å²) in [5.74, 6) is 0. The van der Waals surface area contributed by atoms with Gasteiger partial charge in [0.25, 0.3) is 0 Å². The predicted octanol–water partition coefficient (Wildman–Crippen LogP) is 2.95. The zero-order valence-electron chi connectivity index (χ0n) is 7.47. The molecule has 0 heterocycles. The van der Waals surface area contributed by atoms with E-state index in [1.54, 1.807) is 0 Å². The Bertz CT molecular complexity index is 308. The van der Waals surface area contributed by atoms with Crippen LogP contribution in [0.4, 0.5) is 0 Å². The van der Waals surface area contributed by atoms with Crippen LogP contribution in [0, 0.1) is 12.1 Å². The molecule has 0 saturated heterocycles. The minimum atomic E-state index is 0. The smallest absolute Gasteiger partial charge is 0 e. The Morgan fingerprint density at radius 2 is 0.929 bits per heavy atom. The average molecular weight is 387 g/mol. The molecule has 2 heteroatoms. The van der Waals surface area contributed by atoms with Crippen LogP contribution >= 0.6 is 0 Å². The van der Waals surface area contributed by atoms with Crippen molar-refractivity contribution in [2.75, 3.05) is 0 Å². The van der Waals surface area contributed by atoms with Crippen LogP contribution in [0.15, 0.2) is 48.5 Å². The second kappa shape index (κ2) is 7.06. The van der Waals surface area contributed by atoms with E-state index in [1.807, 2.05) is 24.3 Å². The van der Waals surface area contributed by atoms with Gasteiger partial charge in [0.2, 0.25) is 0 Å². The van der Waals surface area contributed by atoms with Crippen molar-refractivity contribution >= 4 is 0 Å². The maximum absolute atomic E-state index is 2.99. The van der Waals surface area contributed by atoms with Crippen molar-refractivity contribution in [3.63, 3.8) is 0 Å². The molecule has 0 fully saturated rings. The SMILES string of the molecule is [V].[W].[c-]1ccc(-c2cc[c-]cc2)cc1. The first kappa shape index (κ1) is 13.7. The molecule has 69 valence electrons. The van der Waals surface area contributed by atoms with Gasteiger partial charge in [-0.15, -0.1) is 0 Å². The number of hydrogen-bond acceptors (Lipinski definition) is 0. The fraction of sp³-hybridized carbons (Fsp3) is 0. The van der Waals surface area contributed by atoms with Gasteiger partial charge in [-0.2, -0.15) is 71.8 Å². The van der Waals surface area contributed by atoms with Gasteiger partial charge in [0, 0.05) is 39.6 Å². The molecule has 2 rings (SSSR count). The summed E-state index contributed by atoms with van der Waals surface area (Å²) in [5.41, 5.74) is 2.45. The molecule has 0 atom stereocenters. The van der Waals surface area contributed by atoms with Crippen molar-refractivity contribution in [1.82, 2.24) is 0 Å². The molecule has 14 heavy (non-hydrogen) atoms. The molecule has 1 radical (unpaired) electrons. The molecular formula is C12H8VW-2. The molecule has 0 bridgehead atoms. The van der Waals surface area contributed by atoms with Crippen molar-refractivity contribution in [3.05, 3.63) is 60.7 Å². The van der Waals surface area contributed by atoms with Crippen LogP contribution < -0.4 is 0 Å². The van der Waals surface area contributed by atoms with Crippen LogP contribution in [0.1, 0.15) is 0 Å². The van der Waals surface area contributed by atoms with Crippen LogP contribution in [0.5, 0.6) is 0 Å². The van der Waals surface area contributed by atoms with Gasteiger partial charge in [-0.3, -0.25) is 0 Å². The number of benzene rings is 2. The second-order valence-electron chi connectivity index (χ2n) is 2.58. The van der Waals surface area contributed by atoms with Crippen LogP contribution in [0.3, 0.4) is 0 Å². The summed E-state index contributed by atoms with van der Waals surface area (Å²) in [5, 5.41) is 0. The minimum Gasteiger partial charge on any atom is -0.184 e. The van der Waals surface area contributed by atoms with Gasteiger partial charge in [-0.25, -0.2) is 0 Å². The standard InChI is InChI=1S/C12H8.V.W/c1-3-7-11(8-4-1)12-9-5-2-6-10-12;;/h3-10H;;/q-2;;. The quantitative estimate of drug-likeness (QED) is 0.661. The van der Waals surface area contributed by atoms with E-state index < -0.39 is 0 Å². The Morgan fingerprint density at radius 3 is 1.21 bits per heavy atom. The van der Waals surface area contributed by atoms with Crippen molar-refractivity contribution < 1.29 is 39.6 Å². The summed E-state index contributed by atoms with van der Waals surface area (Å²) in [6.07, 6.45) is 0. The molecule has 0 amide bonds. The number of rotatable bonds is 1. The fourth-order valence-electron chi connectivity index (χ4n) is 1.16. The van der Waals surface area contributed by atoms with Gasteiger partial charge in [-0.1, -0.05) is 0 Å². The summed E-state index contributed by atoms with van der Waals surface area (Å²) in [6.45, 7) is 0. The third kappa shape index (κ3) is 3.46. The average Bonchev–Trinajstić information content (AvgIpc) is 2.21. The van der Waals surface area contributed by atoms with Crippen molar-refractivity contribution in [2.45, 2.75) is 0 Å². The first-order chi connectivity index (χ1) is 5.97. The Balaban J connectivity index is 0.000000845. The predicted molar refractivity (Wildman–Crippen MR) is 49.6 cm³/mol. The summed E-state index contributed by atoms with van der Waals surface area (Å²) in [4.78, 5) is 0. The largest absolute Gasteiger partial charge is 0.184 e. The molecule has 0 aromatic heterocycles. The molecule has 0 spiro atoms. The molecule has 2 aromatic rings. The maximum Gasteiger partial charge on any atom is 0 e. The second-order valence-corrected chi connectivity index (χ2v) is 2.58. The molecule has 0 aliphatic heterocycles. The topological polar surface area (TPSA) is 0 Å². The minimum absolute atomic E-state index is 0. The normalized spacial score (nSPS) is 8.29. The van der Waals surface area contributed by atoms with Crippen LogP contribution in [-0.4, -0.2) is 0 Å². The Morgan fingerprint density at radius 1 is 0.643 bits per heavy atom. The van der Waals surface area contributed by atoms with Gasteiger partial charge in [0.1, 0.15) is 0 Å². The molecule has 2 aromatic carbocycles. The van der Waals surface area contributed by atoms with E-state index in [0.29, 0.717) is 0 Å². The van der Waals surface area contributed by atoms with Crippen molar-refractivity contribution in [3.8, 4) is 11.1 Å². The summed E-state index contributed by atoms with van der Waals surface area (Å²) in [7, 11) is 0. The summed E-state index contributed by atoms with van der Waals surface area (Å²) in [6, 6.07) is 21.9. The molecule has 0 saturated carbocycles. The van der Waals surface area contributed by atoms with E-state index in [2.05, 4.69) is 36.4 Å². The van der Waals surface area contributed by atoms with E-state index in [-0.39, 0.29) is 39.6 Å². The molecule has 0 unspecified atom stereocenters. The van der Waals surface area contributed by atoms with Crippen LogP contribution in [0.25, 0.3) is 11.1 Å². The van der Waals surface area contributed by atoms with Gasteiger partial charge in [-0.05, 0) is 0 Å². The van der Waals surface area contributed by atoms with Crippen LogP contribution in [-0.2, 0) is 39.6 Å². The maximum atomic E-state index is 2.99. The monoisotopic (exact) mass is 387 g/mol. The first-order valence-corrected chi connectivity index (χ1v) is 3.89. The Labute approximate surface area is 111 Å². The molecule has 0 nitrogen and oxygen atoms in total. The zero-order valence-corrected chi connectivity index (χ0v) is 11.8. The summed E-state index contributed by atoms with van der Waals surface area (Å²) >= 11 is 0. The van der Waals surface area contributed by atoms with Gasteiger partial charge < -0.3 is 0 Å².